The Kier molecular flexibility index (Phi) is 7.01. The number of carbonyl (C=O) groups is 2. The van der Waals surface area contributed by atoms with Gasteiger partial charge in [-0.05, 0) is 42.5 Å². The van der Waals surface area contributed by atoms with Gasteiger partial charge in [-0.15, -0.1) is 0 Å². The molecular weight excluding hydrogens is 316 g/mol. The molecule has 0 saturated carbocycles. The lowest BCUT2D eigenvalue weighted by atomic mass is 9.97. The molecule has 2 aromatic rings. The van der Waals surface area contributed by atoms with E-state index >= 15 is 0 Å². The first-order chi connectivity index (χ1) is 12.1. The van der Waals surface area contributed by atoms with E-state index in [1.165, 1.54) is 0 Å². The maximum absolute atomic E-state index is 12.2. The Morgan fingerprint density at radius 3 is 2.48 bits per heavy atom. The maximum Gasteiger partial charge on any atom is 0.335 e. The van der Waals surface area contributed by atoms with Crippen LogP contribution < -0.4 is 11.2 Å². The lowest BCUT2D eigenvalue weighted by Gasteiger charge is -2.14. The molecule has 3 N–H and O–H groups in total. The SMILES string of the molecule is CCC(Cc1cccc(N)c1)C(=O)ONC(=O)CCc1ccccc1. The van der Waals surface area contributed by atoms with Gasteiger partial charge in [0, 0.05) is 12.1 Å². The zero-order valence-corrected chi connectivity index (χ0v) is 14.4. The van der Waals surface area contributed by atoms with Crippen LogP contribution in [0.2, 0.25) is 0 Å². The van der Waals surface area contributed by atoms with Gasteiger partial charge >= 0.3 is 5.97 Å². The molecule has 5 nitrogen and oxygen atoms in total. The first-order valence-electron chi connectivity index (χ1n) is 8.46. The van der Waals surface area contributed by atoms with Crippen LogP contribution in [0.4, 0.5) is 5.69 Å². The molecule has 5 heteroatoms. The van der Waals surface area contributed by atoms with Gasteiger partial charge in [0.25, 0.3) is 5.91 Å². The van der Waals surface area contributed by atoms with E-state index in [1.54, 1.807) is 6.07 Å². The van der Waals surface area contributed by atoms with E-state index in [-0.39, 0.29) is 18.2 Å². The molecule has 0 saturated heterocycles. The summed E-state index contributed by atoms with van der Waals surface area (Å²) < 4.78 is 0. The molecule has 0 spiro atoms. The lowest BCUT2D eigenvalue weighted by Crippen LogP contribution is -2.31. The second kappa shape index (κ2) is 9.47. The molecule has 0 aliphatic rings. The van der Waals surface area contributed by atoms with Gasteiger partial charge in [-0.25, -0.2) is 4.79 Å². The number of hydrogen-bond donors (Lipinski definition) is 2. The smallest absolute Gasteiger partial charge is 0.335 e. The van der Waals surface area contributed by atoms with Crippen molar-refractivity contribution < 1.29 is 14.4 Å². The largest absolute Gasteiger partial charge is 0.399 e. The molecule has 1 unspecified atom stereocenters. The molecule has 132 valence electrons. The summed E-state index contributed by atoms with van der Waals surface area (Å²) in [6.07, 6.45) is 2.02. The van der Waals surface area contributed by atoms with E-state index in [9.17, 15) is 9.59 Å². The van der Waals surface area contributed by atoms with Crippen molar-refractivity contribution in [1.29, 1.82) is 0 Å². The van der Waals surface area contributed by atoms with Crippen molar-refractivity contribution in [2.75, 3.05) is 5.73 Å². The second-order valence-electron chi connectivity index (χ2n) is 5.99. The Hall–Kier alpha value is -2.82. The van der Waals surface area contributed by atoms with E-state index in [4.69, 9.17) is 10.6 Å². The lowest BCUT2D eigenvalue weighted by molar-refractivity contribution is -0.162. The highest BCUT2D eigenvalue weighted by molar-refractivity contribution is 5.79. The Morgan fingerprint density at radius 1 is 1.08 bits per heavy atom. The van der Waals surface area contributed by atoms with Gasteiger partial charge in [0.05, 0.1) is 5.92 Å². The third-order valence-electron chi connectivity index (χ3n) is 4.01. The first kappa shape index (κ1) is 18.5. The molecule has 2 aromatic carbocycles. The number of amides is 1. The first-order valence-corrected chi connectivity index (χ1v) is 8.46. The molecule has 0 aromatic heterocycles. The topological polar surface area (TPSA) is 81.4 Å². The Balaban J connectivity index is 1.78. The summed E-state index contributed by atoms with van der Waals surface area (Å²) in [7, 11) is 0. The molecule has 0 bridgehead atoms. The third kappa shape index (κ3) is 6.30. The van der Waals surface area contributed by atoms with Crippen molar-refractivity contribution in [3.05, 3.63) is 65.7 Å². The molecule has 0 fully saturated rings. The highest BCUT2D eigenvalue weighted by atomic mass is 16.7. The van der Waals surface area contributed by atoms with Crippen LogP contribution in [0, 0.1) is 5.92 Å². The average molecular weight is 340 g/mol. The van der Waals surface area contributed by atoms with E-state index in [0.717, 1.165) is 11.1 Å². The van der Waals surface area contributed by atoms with Crippen LogP contribution in [0.1, 0.15) is 30.9 Å². The van der Waals surface area contributed by atoms with E-state index in [1.807, 2.05) is 55.5 Å². The Bertz CT molecular complexity index is 701. The number of nitrogens with two attached hydrogens (primary N) is 1. The third-order valence-corrected chi connectivity index (χ3v) is 4.01. The molecule has 1 atom stereocenters. The number of aryl methyl sites for hydroxylation is 1. The summed E-state index contributed by atoms with van der Waals surface area (Å²) in [5.41, 5.74) is 10.7. The molecule has 0 radical (unpaired) electrons. The van der Waals surface area contributed by atoms with Crippen molar-refractivity contribution in [2.45, 2.75) is 32.6 Å². The highest BCUT2D eigenvalue weighted by Gasteiger charge is 2.20. The van der Waals surface area contributed by atoms with Crippen LogP contribution in [0.3, 0.4) is 0 Å². The average Bonchev–Trinajstić information content (AvgIpc) is 2.63. The molecule has 1 amide bonds. The summed E-state index contributed by atoms with van der Waals surface area (Å²) in [4.78, 5) is 29.0. The number of rotatable bonds is 7. The van der Waals surface area contributed by atoms with Crippen LogP contribution in [0.25, 0.3) is 0 Å². The summed E-state index contributed by atoms with van der Waals surface area (Å²) in [6.45, 7) is 1.91. The standard InChI is InChI=1S/C20H24N2O3/c1-2-17(13-16-9-6-10-18(21)14-16)20(24)25-22-19(23)12-11-15-7-4-3-5-8-15/h3-10,14,17H,2,11-13,21H2,1H3,(H,22,23). The van der Waals surface area contributed by atoms with E-state index in [0.29, 0.717) is 24.9 Å². The number of hydroxylamine groups is 1. The Labute approximate surface area is 148 Å². The number of carbonyl (C=O) groups excluding carboxylic acids is 2. The highest BCUT2D eigenvalue weighted by Crippen LogP contribution is 2.16. The van der Waals surface area contributed by atoms with Crippen LogP contribution in [-0.4, -0.2) is 11.9 Å². The normalized spacial score (nSPS) is 11.6. The molecule has 0 aliphatic heterocycles. The maximum atomic E-state index is 12.2. The number of nitrogens with one attached hydrogen (secondary N) is 1. The number of hydrogen-bond acceptors (Lipinski definition) is 4. The van der Waals surface area contributed by atoms with Gasteiger partial charge in [-0.1, -0.05) is 49.4 Å². The van der Waals surface area contributed by atoms with Crippen LogP contribution in [0.5, 0.6) is 0 Å². The van der Waals surface area contributed by atoms with Crippen molar-refractivity contribution in [2.24, 2.45) is 5.92 Å². The van der Waals surface area contributed by atoms with Gasteiger partial charge < -0.3 is 10.6 Å². The minimum atomic E-state index is -0.432. The number of benzene rings is 2. The summed E-state index contributed by atoms with van der Waals surface area (Å²) >= 11 is 0. The van der Waals surface area contributed by atoms with Crippen molar-refractivity contribution in [3.8, 4) is 0 Å². The van der Waals surface area contributed by atoms with Crippen molar-refractivity contribution >= 4 is 17.6 Å². The van der Waals surface area contributed by atoms with E-state index in [2.05, 4.69) is 5.48 Å². The summed E-state index contributed by atoms with van der Waals surface area (Å²) in [5.74, 6) is -1.06. The second-order valence-corrected chi connectivity index (χ2v) is 5.99. The number of anilines is 1. The number of nitrogen functional groups attached to an aromatic ring is 1. The van der Waals surface area contributed by atoms with Gasteiger partial charge in [0.15, 0.2) is 0 Å². The summed E-state index contributed by atoms with van der Waals surface area (Å²) in [6, 6.07) is 17.1. The van der Waals surface area contributed by atoms with Crippen LogP contribution >= 0.6 is 0 Å². The monoisotopic (exact) mass is 340 g/mol. The van der Waals surface area contributed by atoms with Gasteiger partial charge in [-0.2, -0.15) is 5.48 Å². The molecule has 2 rings (SSSR count). The molecule has 0 heterocycles. The zero-order valence-electron chi connectivity index (χ0n) is 14.4. The zero-order chi connectivity index (χ0) is 18.1. The summed E-state index contributed by atoms with van der Waals surface area (Å²) in [5, 5.41) is 0. The Morgan fingerprint density at radius 2 is 1.80 bits per heavy atom. The fourth-order valence-corrected chi connectivity index (χ4v) is 2.54. The van der Waals surface area contributed by atoms with Crippen LogP contribution in [0.15, 0.2) is 54.6 Å². The fraction of sp³-hybridized carbons (Fsp3) is 0.300. The molecular formula is C20H24N2O3. The predicted octanol–water partition coefficient (Wildman–Crippen LogP) is 3.04. The van der Waals surface area contributed by atoms with E-state index < -0.39 is 5.97 Å². The van der Waals surface area contributed by atoms with Gasteiger partial charge in [0.2, 0.25) is 0 Å². The quantitative estimate of drug-likeness (QED) is 0.599. The van der Waals surface area contributed by atoms with Gasteiger partial charge in [0.1, 0.15) is 0 Å². The minimum absolute atomic E-state index is 0.267. The molecule has 25 heavy (non-hydrogen) atoms. The van der Waals surface area contributed by atoms with Crippen molar-refractivity contribution in [3.63, 3.8) is 0 Å². The van der Waals surface area contributed by atoms with Crippen LogP contribution in [-0.2, 0) is 27.3 Å². The van der Waals surface area contributed by atoms with Crippen molar-refractivity contribution in [1.82, 2.24) is 5.48 Å². The fourth-order valence-electron chi connectivity index (χ4n) is 2.54. The minimum Gasteiger partial charge on any atom is -0.399 e. The van der Waals surface area contributed by atoms with Gasteiger partial charge in [-0.3, -0.25) is 4.79 Å². The predicted molar refractivity (Wildman–Crippen MR) is 97.3 cm³/mol. The molecule has 0 aliphatic carbocycles.